The van der Waals surface area contributed by atoms with Crippen LogP contribution in [0.15, 0.2) is 0 Å². The minimum atomic E-state index is 0. The molecule has 1 aliphatic rings. The predicted molar refractivity (Wildman–Crippen MR) is 92.8 cm³/mol. The zero-order chi connectivity index (χ0) is 14.8. The van der Waals surface area contributed by atoms with E-state index in [4.69, 9.17) is 5.73 Å². The quantitative estimate of drug-likeness (QED) is 0.597. The van der Waals surface area contributed by atoms with E-state index in [2.05, 4.69) is 19.2 Å². The normalized spacial score (nSPS) is 16.8. The number of carbonyl (C=O) groups excluding carboxylic acids is 1. The Morgan fingerprint density at radius 1 is 1.14 bits per heavy atom. The van der Waals surface area contributed by atoms with Crippen molar-refractivity contribution in [1.29, 1.82) is 0 Å². The zero-order valence-electron chi connectivity index (χ0n) is 14.0. The monoisotopic (exact) mass is 318 g/mol. The fourth-order valence-electron chi connectivity index (χ4n) is 3.60. The number of hydrogen-bond acceptors (Lipinski definition) is 2. The summed E-state index contributed by atoms with van der Waals surface area (Å²) in [5.74, 6) is 0.967. The highest BCUT2D eigenvalue weighted by Gasteiger charge is 2.34. The van der Waals surface area contributed by atoms with E-state index in [1.807, 2.05) is 0 Å². The lowest BCUT2D eigenvalue weighted by atomic mass is 9.78. The smallest absolute Gasteiger partial charge is 0.220 e. The minimum Gasteiger partial charge on any atom is -0.356 e. The van der Waals surface area contributed by atoms with Gasteiger partial charge in [-0.15, -0.1) is 12.4 Å². The van der Waals surface area contributed by atoms with Crippen molar-refractivity contribution >= 4 is 18.3 Å². The Balaban J connectivity index is 0.00000400. The van der Waals surface area contributed by atoms with E-state index >= 15 is 0 Å². The number of halogens is 1. The van der Waals surface area contributed by atoms with Crippen molar-refractivity contribution in [2.75, 3.05) is 13.1 Å². The molecule has 21 heavy (non-hydrogen) atoms. The van der Waals surface area contributed by atoms with Gasteiger partial charge >= 0.3 is 0 Å². The number of nitrogens with one attached hydrogen (secondary N) is 1. The molecule has 0 saturated heterocycles. The Morgan fingerprint density at radius 3 is 2.33 bits per heavy atom. The molecule has 0 aromatic rings. The van der Waals surface area contributed by atoms with Crippen molar-refractivity contribution in [3.63, 3.8) is 0 Å². The number of amides is 1. The maximum Gasteiger partial charge on any atom is 0.220 e. The zero-order valence-corrected chi connectivity index (χ0v) is 14.8. The molecule has 4 heteroatoms. The maximum atomic E-state index is 11.9. The Morgan fingerprint density at radius 2 is 1.76 bits per heavy atom. The first kappa shape index (κ1) is 20.7. The molecule has 1 saturated carbocycles. The number of hydrogen-bond donors (Lipinski definition) is 2. The molecule has 0 bridgehead atoms. The minimum absolute atomic E-state index is 0. The molecule has 1 rings (SSSR count). The molecule has 0 aromatic heterocycles. The highest BCUT2D eigenvalue weighted by Crippen LogP contribution is 2.42. The average Bonchev–Trinajstić information content (AvgIpc) is 2.84. The standard InChI is InChI=1S/C17H34N2O.ClH/c1-15(2)13-17(10-6-7-11-17)14-19-16(20)9-5-3-4-8-12-18;/h15H,3-14,18H2,1-2H3,(H,19,20);1H. The third kappa shape index (κ3) is 8.67. The average molecular weight is 319 g/mol. The van der Waals surface area contributed by atoms with Crippen LogP contribution in [0.25, 0.3) is 0 Å². The summed E-state index contributed by atoms with van der Waals surface area (Å²) >= 11 is 0. The highest BCUT2D eigenvalue weighted by atomic mass is 35.5. The van der Waals surface area contributed by atoms with Gasteiger partial charge in [-0.2, -0.15) is 0 Å². The summed E-state index contributed by atoms with van der Waals surface area (Å²) in [6.07, 6.45) is 11.6. The number of unbranched alkanes of at least 4 members (excludes halogenated alkanes) is 3. The molecule has 0 spiro atoms. The molecular formula is C17H35ClN2O. The first-order chi connectivity index (χ1) is 9.58. The molecule has 3 nitrogen and oxygen atoms in total. The van der Waals surface area contributed by atoms with Crippen LogP contribution in [0.4, 0.5) is 0 Å². The molecule has 0 unspecified atom stereocenters. The van der Waals surface area contributed by atoms with Crippen molar-refractivity contribution in [3.05, 3.63) is 0 Å². The lowest BCUT2D eigenvalue weighted by Gasteiger charge is -2.31. The predicted octanol–water partition coefficient (Wildman–Crippen LogP) is 4.04. The molecule has 0 heterocycles. The fraction of sp³-hybridized carbons (Fsp3) is 0.941. The van der Waals surface area contributed by atoms with E-state index in [1.165, 1.54) is 32.1 Å². The largest absolute Gasteiger partial charge is 0.356 e. The van der Waals surface area contributed by atoms with Gasteiger partial charge in [0.2, 0.25) is 5.91 Å². The van der Waals surface area contributed by atoms with Gasteiger partial charge in [-0.3, -0.25) is 4.79 Å². The van der Waals surface area contributed by atoms with Crippen LogP contribution in [0.2, 0.25) is 0 Å². The Labute approximate surface area is 137 Å². The van der Waals surface area contributed by atoms with Gasteiger partial charge in [-0.25, -0.2) is 0 Å². The van der Waals surface area contributed by atoms with Crippen LogP contribution in [0.3, 0.4) is 0 Å². The van der Waals surface area contributed by atoms with Gasteiger partial charge in [0.05, 0.1) is 0 Å². The topological polar surface area (TPSA) is 55.1 Å². The van der Waals surface area contributed by atoms with E-state index in [0.29, 0.717) is 11.8 Å². The van der Waals surface area contributed by atoms with Crippen molar-refractivity contribution < 1.29 is 4.79 Å². The molecule has 1 amide bonds. The number of nitrogens with two attached hydrogens (primary N) is 1. The van der Waals surface area contributed by atoms with Crippen LogP contribution >= 0.6 is 12.4 Å². The van der Waals surface area contributed by atoms with E-state index < -0.39 is 0 Å². The van der Waals surface area contributed by atoms with Gasteiger partial charge in [-0.1, -0.05) is 39.5 Å². The van der Waals surface area contributed by atoms with E-state index in [1.54, 1.807) is 0 Å². The molecule has 0 aliphatic heterocycles. The van der Waals surface area contributed by atoms with Gasteiger partial charge in [0.25, 0.3) is 0 Å². The SMILES string of the molecule is CC(C)CC1(CNC(=O)CCCCCCN)CCCC1.Cl. The highest BCUT2D eigenvalue weighted by molar-refractivity contribution is 5.85. The summed E-state index contributed by atoms with van der Waals surface area (Å²) in [6.45, 7) is 6.25. The Bertz CT molecular complexity index is 276. The molecular weight excluding hydrogens is 284 g/mol. The molecule has 126 valence electrons. The lowest BCUT2D eigenvalue weighted by molar-refractivity contribution is -0.121. The molecule has 0 radical (unpaired) electrons. The van der Waals surface area contributed by atoms with Crippen molar-refractivity contribution in [2.24, 2.45) is 17.1 Å². The summed E-state index contributed by atoms with van der Waals surface area (Å²) in [7, 11) is 0. The van der Waals surface area contributed by atoms with E-state index in [-0.39, 0.29) is 18.3 Å². The van der Waals surface area contributed by atoms with Crippen molar-refractivity contribution in [2.45, 2.75) is 78.1 Å². The fourth-order valence-corrected chi connectivity index (χ4v) is 3.60. The van der Waals surface area contributed by atoms with Gasteiger partial charge in [0.15, 0.2) is 0 Å². The van der Waals surface area contributed by atoms with Crippen LogP contribution in [-0.2, 0) is 4.79 Å². The van der Waals surface area contributed by atoms with Gasteiger partial charge in [-0.05, 0) is 50.0 Å². The van der Waals surface area contributed by atoms with Crippen molar-refractivity contribution in [1.82, 2.24) is 5.32 Å². The number of rotatable bonds is 10. The Kier molecular flexibility index (Phi) is 11.2. The molecule has 1 fully saturated rings. The summed E-state index contributed by atoms with van der Waals surface area (Å²) < 4.78 is 0. The molecule has 3 N–H and O–H groups in total. The van der Waals surface area contributed by atoms with Crippen LogP contribution < -0.4 is 11.1 Å². The maximum absolute atomic E-state index is 11.9. The second-order valence-electron chi connectivity index (χ2n) is 7.03. The van der Waals surface area contributed by atoms with Gasteiger partial charge < -0.3 is 11.1 Å². The second kappa shape index (κ2) is 11.3. The van der Waals surface area contributed by atoms with Crippen LogP contribution in [0, 0.1) is 11.3 Å². The summed E-state index contributed by atoms with van der Waals surface area (Å²) in [5, 5.41) is 3.20. The van der Waals surface area contributed by atoms with Gasteiger partial charge in [0.1, 0.15) is 0 Å². The van der Waals surface area contributed by atoms with Crippen molar-refractivity contribution in [3.8, 4) is 0 Å². The van der Waals surface area contributed by atoms with Crippen LogP contribution in [0.1, 0.15) is 78.1 Å². The summed E-state index contributed by atoms with van der Waals surface area (Å²) in [6, 6.07) is 0. The molecule has 0 aromatic carbocycles. The second-order valence-corrected chi connectivity index (χ2v) is 7.03. The number of carbonyl (C=O) groups is 1. The third-order valence-corrected chi connectivity index (χ3v) is 4.52. The van der Waals surface area contributed by atoms with E-state index in [0.717, 1.165) is 44.7 Å². The van der Waals surface area contributed by atoms with Crippen LogP contribution in [-0.4, -0.2) is 19.0 Å². The molecule has 0 atom stereocenters. The third-order valence-electron chi connectivity index (χ3n) is 4.52. The first-order valence-corrected chi connectivity index (χ1v) is 8.55. The first-order valence-electron chi connectivity index (χ1n) is 8.55. The summed E-state index contributed by atoms with van der Waals surface area (Å²) in [5.41, 5.74) is 5.86. The summed E-state index contributed by atoms with van der Waals surface area (Å²) in [4.78, 5) is 11.9. The molecule has 1 aliphatic carbocycles. The van der Waals surface area contributed by atoms with Crippen LogP contribution in [0.5, 0.6) is 0 Å². The van der Waals surface area contributed by atoms with E-state index in [9.17, 15) is 4.79 Å². The van der Waals surface area contributed by atoms with Gasteiger partial charge in [0, 0.05) is 13.0 Å². The Hall–Kier alpha value is -0.280. The lowest BCUT2D eigenvalue weighted by Crippen LogP contribution is -2.36.